The summed E-state index contributed by atoms with van der Waals surface area (Å²) in [6.45, 7) is 1.59. The quantitative estimate of drug-likeness (QED) is 0.374. The van der Waals surface area contributed by atoms with Gasteiger partial charge in [0.2, 0.25) is 0 Å². The second-order valence-corrected chi connectivity index (χ2v) is 3.98. The van der Waals surface area contributed by atoms with Gasteiger partial charge in [0.25, 0.3) is 10.1 Å². The third-order valence-electron chi connectivity index (χ3n) is 0.989. The van der Waals surface area contributed by atoms with Crippen molar-refractivity contribution in [3.05, 3.63) is 0 Å². The first-order valence-corrected chi connectivity index (χ1v) is 5.28. The predicted octanol–water partition coefficient (Wildman–Crippen LogP) is -0.377. The van der Waals surface area contributed by atoms with Crippen LogP contribution >= 0.6 is 0 Å². The van der Waals surface area contributed by atoms with Crippen LogP contribution in [0, 0.1) is 12.0 Å². The molecule has 6 heteroatoms. The Hall–Kier alpha value is -0.770. The fourth-order valence-electron chi connectivity index (χ4n) is 0.491. The fraction of sp³-hybridized carbons (Fsp3) is 0.714. The van der Waals surface area contributed by atoms with E-state index in [1.165, 1.54) is 6.92 Å². The molecule has 0 unspecified atom stereocenters. The van der Waals surface area contributed by atoms with Crippen LogP contribution < -0.4 is 0 Å². The van der Waals surface area contributed by atoms with Gasteiger partial charge in [-0.15, -0.1) is 0 Å². The molecule has 0 aliphatic rings. The van der Waals surface area contributed by atoms with Crippen LogP contribution in [-0.2, 0) is 14.9 Å². The zero-order valence-corrected chi connectivity index (χ0v) is 8.04. The fourth-order valence-corrected chi connectivity index (χ4v) is 0.974. The Kier molecular flexibility index (Phi) is 5.46. The van der Waals surface area contributed by atoms with Crippen LogP contribution in [0.3, 0.4) is 0 Å². The molecule has 1 atom stereocenters. The van der Waals surface area contributed by atoms with Crippen LogP contribution in [0.4, 0.5) is 0 Å². The Labute approximate surface area is 77.5 Å². The average Bonchev–Trinajstić information content (AvgIpc) is 1.93. The maximum atomic E-state index is 10.2. The van der Waals surface area contributed by atoms with Gasteiger partial charge >= 0.3 is 0 Å². The highest BCUT2D eigenvalue weighted by Crippen LogP contribution is 1.88. The molecule has 2 N–H and O–H groups in total. The summed E-state index contributed by atoms with van der Waals surface area (Å²) in [6.07, 6.45) is 1.61. The summed E-state index contributed by atoms with van der Waals surface area (Å²) in [5.74, 6) is 1.97. The van der Waals surface area contributed by atoms with Gasteiger partial charge in [0.1, 0.15) is 18.8 Å². The Bertz CT molecular complexity index is 282. The summed E-state index contributed by atoms with van der Waals surface area (Å²) < 4.78 is 33.3. The maximum Gasteiger partial charge on any atom is 0.264 e. The largest absolute Gasteiger partial charge is 0.447 e. The molecule has 0 aliphatic heterocycles. The van der Waals surface area contributed by atoms with E-state index >= 15 is 0 Å². The van der Waals surface area contributed by atoms with E-state index in [1.54, 1.807) is 0 Å². The first kappa shape index (κ1) is 12.2. The summed E-state index contributed by atoms with van der Waals surface area (Å²) in [6, 6.07) is 0. The molecular weight excluding hydrogens is 196 g/mol. The van der Waals surface area contributed by atoms with Crippen molar-refractivity contribution in [3.63, 3.8) is 0 Å². The molecule has 0 heterocycles. The Morgan fingerprint density at radius 2 is 2.15 bits per heavy atom. The van der Waals surface area contributed by atoms with E-state index in [9.17, 15) is 8.42 Å². The van der Waals surface area contributed by atoms with Gasteiger partial charge in [-0.25, -0.2) is 0 Å². The third-order valence-corrected chi connectivity index (χ3v) is 1.79. The molecule has 0 rings (SSSR count). The maximum absolute atomic E-state index is 10.2. The van der Waals surface area contributed by atoms with E-state index in [0.29, 0.717) is 0 Å². The van der Waals surface area contributed by atoms with Crippen LogP contribution in [0.15, 0.2) is 0 Å². The summed E-state index contributed by atoms with van der Waals surface area (Å²) in [5.41, 5.74) is 0. The van der Waals surface area contributed by atoms with Crippen molar-refractivity contribution in [2.45, 2.75) is 19.4 Å². The molecular formula is C7H12O5S. The van der Waals surface area contributed by atoms with E-state index in [-0.39, 0.29) is 18.8 Å². The second kappa shape index (κ2) is 5.80. The van der Waals surface area contributed by atoms with Gasteiger partial charge in [-0.05, 0) is 19.3 Å². The van der Waals surface area contributed by atoms with Crippen LogP contribution in [0.1, 0.15) is 13.3 Å². The van der Waals surface area contributed by atoms with Gasteiger partial charge < -0.3 is 9.84 Å². The molecule has 76 valence electrons. The zero-order chi connectivity index (χ0) is 10.3. The summed E-state index contributed by atoms with van der Waals surface area (Å²) in [5, 5.41) is 8.65. The number of aliphatic hydroxyl groups excluding tert-OH is 1. The molecule has 0 saturated heterocycles. The van der Waals surface area contributed by atoms with E-state index < -0.39 is 16.2 Å². The standard InChI is InChI=1S/C7H12O5S/c1-7(8)3-5-12-4-2-6-13(9,10)11/h7-8H,2,4,6H2,1H3,(H,9,10,11)/t7-/m1/s1. The van der Waals surface area contributed by atoms with Crippen molar-refractivity contribution in [3.8, 4) is 12.0 Å². The molecule has 0 aromatic carbocycles. The first-order valence-electron chi connectivity index (χ1n) is 3.67. The van der Waals surface area contributed by atoms with Gasteiger partial charge in [0.15, 0.2) is 0 Å². The molecule has 0 amide bonds. The summed E-state index contributed by atoms with van der Waals surface area (Å²) in [4.78, 5) is 0. The third kappa shape index (κ3) is 11.2. The lowest BCUT2D eigenvalue weighted by Gasteiger charge is -1.96. The van der Waals surface area contributed by atoms with E-state index in [2.05, 4.69) is 16.8 Å². The Morgan fingerprint density at radius 1 is 1.54 bits per heavy atom. The number of hydrogen-bond acceptors (Lipinski definition) is 4. The van der Waals surface area contributed by atoms with Crippen LogP contribution in [0.25, 0.3) is 0 Å². The SMILES string of the molecule is C[C@@H](O)C#COCCCS(=O)(=O)O. The number of ether oxygens (including phenoxy) is 1. The van der Waals surface area contributed by atoms with Gasteiger partial charge in [0.05, 0.1) is 5.75 Å². The molecule has 13 heavy (non-hydrogen) atoms. The minimum absolute atomic E-state index is 0.111. The Morgan fingerprint density at radius 3 is 2.62 bits per heavy atom. The van der Waals surface area contributed by atoms with Gasteiger partial charge in [-0.3, -0.25) is 4.55 Å². The second-order valence-electron chi connectivity index (χ2n) is 2.41. The molecule has 0 bridgehead atoms. The molecule has 0 aliphatic carbocycles. The van der Waals surface area contributed by atoms with Crippen molar-refractivity contribution < 1.29 is 22.8 Å². The van der Waals surface area contributed by atoms with Crippen molar-refractivity contribution in [2.24, 2.45) is 0 Å². The molecule has 0 radical (unpaired) electrons. The molecule has 0 saturated carbocycles. The number of rotatable bonds is 4. The van der Waals surface area contributed by atoms with E-state index in [4.69, 9.17) is 9.66 Å². The lowest BCUT2D eigenvalue weighted by Crippen LogP contribution is -2.06. The molecule has 0 fully saturated rings. The normalized spacial score (nSPS) is 12.8. The van der Waals surface area contributed by atoms with Crippen LogP contribution in [-0.4, -0.2) is 36.5 Å². The summed E-state index contributed by atoms with van der Waals surface area (Å²) >= 11 is 0. The van der Waals surface area contributed by atoms with Gasteiger partial charge in [0, 0.05) is 0 Å². The summed E-state index contributed by atoms with van der Waals surface area (Å²) in [7, 11) is -3.91. The zero-order valence-electron chi connectivity index (χ0n) is 7.23. The predicted molar refractivity (Wildman–Crippen MR) is 46.4 cm³/mol. The monoisotopic (exact) mass is 208 g/mol. The molecule has 0 aromatic rings. The highest BCUT2D eigenvalue weighted by atomic mass is 32.2. The number of aliphatic hydroxyl groups is 1. The minimum Gasteiger partial charge on any atom is -0.447 e. The smallest absolute Gasteiger partial charge is 0.264 e. The highest BCUT2D eigenvalue weighted by molar-refractivity contribution is 7.85. The van der Waals surface area contributed by atoms with Gasteiger partial charge in [-0.1, -0.05) is 0 Å². The molecule has 0 aromatic heterocycles. The van der Waals surface area contributed by atoms with Crippen LogP contribution in [0.2, 0.25) is 0 Å². The van der Waals surface area contributed by atoms with E-state index in [1.807, 2.05) is 0 Å². The lowest BCUT2D eigenvalue weighted by molar-refractivity contribution is 0.244. The molecule has 0 spiro atoms. The van der Waals surface area contributed by atoms with Crippen molar-refractivity contribution in [1.29, 1.82) is 0 Å². The topological polar surface area (TPSA) is 83.8 Å². The highest BCUT2D eigenvalue weighted by Gasteiger charge is 2.02. The van der Waals surface area contributed by atoms with E-state index in [0.717, 1.165) is 0 Å². The van der Waals surface area contributed by atoms with Crippen molar-refractivity contribution in [2.75, 3.05) is 12.4 Å². The minimum atomic E-state index is -3.91. The Balaban J connectivity index is 3.45. The molecule has 5 nitrogen and oxygen atoms in total. The van der Waals surface area contributed by atoms with Crippen molar-refractivity contribution in [1.82, 2.24) is 0 Å². The lowest BCUT2D eigenvalue weighted by atomic mass is 10.4. The average molecular weight is 208 g/mol. The van der Waals surface area contributed by atoms with Gasteiger partial charge in [-0.2, -0.15) is 8.42 Å². The van der Waals surface area contributed by atoms with Crippen molar-refractivity contribution >= 4 is 10.1 Å². The first-order chi connectivity index (χ1) is 5.92. The number of hydrogen-bond donors (Lipinski definition) is 2. The van der Waals surface area contributed by atoms with Crippen LogP contribution in [0.5, 0.6) is 0 Å².